The number of benzene rings is 2. The minimum Gasteiger partial charge on any atom is -0.356 e. The lowest BCUT2D eigenvalue weighted by atomic mass is 9.98. The monoisotopic (exact) mass is 464 g/mol. The maximum Gasteiger partial charge on any atom is 0.268 e. The third-order valence-electron chi connectivity index (χ3n) is 5.93. The second-order valence-electron chi connectivity index (χ2n) is 8.39. The van der Waals surface area contributed by atoms with Gasteiger partial charge < -0.3 is 25.7 Å². The summed E-state index contributed by atoms with van der Waals surface area (Å²) in [5.74, 6) is -1.97. The van der Waals surface area contributed by atoms with Gasteiger partial charge in [-0.05, 0) is 42.7 Å². The number of aromatic nitrogens is 1. The van der Waals surface area contributed by atoms with Crippen molar-refractivity contribution in [3.05, 3.63) is 71.7 Å². The van der Waals surface area contributed by atoms with Gasteiger partial charge in [-0.1, -0.05) is 30.3 Å². The second kappa shape index (κ2) is 10.3. The van der Waals surface area contributed by atoms with Crippen LogP contribution in [0.2, 0.25) is 0 Å². The summed E-state index contributed by atoms with van der Waals surface area (Å²) in [5.41, 5.74) is 1.59. The van der Waals surface area contributed by atoms with Gasteiger partial charge in [-0.15, -0.1) is 0 Å². The third-order valence-corrected chi connectivity index (χ3v) is 5.93. The number of aldehydes is 1. The molecule has 8 nitrogen and oxygen atoms in total. The van der Waals surface area contributed by atoms with E-state index in [1.54, 1.807) is 0 Å². The van der Waals surface area contributed by atoms with E-state index in [0.717, 1.165) is 5.56 Å². The predicted molar refractivity (Wildman–Crippen MR) is 123 cm³/mol. The van der Waals surface area contributed by atoms with Gasteiger partial charge in [0.05, 0.1) is 6.04 Å². The highest BCUT2D eigenvalue weighted by Gasteiger charge is 2.30. The molecule has 2 heterocycles. The van der Waals surface area contributed by atoms with Crippen molar-refractivity contribution in [3.8, 4) is 0 Å². The Bertz CT molecular complexity index is 1210. The van der Waals surface area contributed by atoms with Crippen molar-refractivity contribution in [2.75, 3.05) is 6.54 Å². The molecule has 9 heteroatoms. The summed E-state index contributed by atoms with van der Waals surface area (Å²) < 4.78 is 13.5. The first kappa shape index (κ1) is 23.2. The van der Waals surface area contributed by atoms with Gasteiger partial charge in [-0.25, -0.2) is 4.39 Å². The van der Waals surface area contributed by atoms with E-state index < -0.39 is 29.7 Å². The van der Waals surface area contributed by atoms with E-state index in [2.05, 4.69) is 20.9 Å². The van der Waals surface area contributed by atoms with Crippen LogP contribution in [0.3, 0.4) is 0 Å². The van der Waals surface area contributed by atoms with Gasteiger partial charge in [0.2, 0.25) is 11.8 Å². The average Bonchev–Trinajstić information content (AvgIpc) is 3.44. The zero-order chi connectivity index (χ0) is 24.1. The number of H-pyrrole nitrogens is 1. The number of carbonyl (C=O) groups is 4. The molecule has 0 unspecified atom stereocenters. The number of amides is 3. The van der Waals surface area contributed by atoms with Crippen molar-refractivity contribution >= 4 is 34.9 Å². The number of rotatable bonds is 9. The number of hydrogen-bond donors (Lipinski definition) is 4. The summed E-state index contributed by atoms with van der Waals surface area (Å²) in [6.07, 6.45) is 1.60. The zero-order valence-electron chi connectivity index (χ0n) is 18.3. The summed E-state index contributed by atoms with van der Waals surface area (Å²) >= 11 is 0. The SMILES string of the molecule is O=C[C@H](C[C@@H]1CCNC1=O)NC(=O)[C@H](Cc1ccccc1)NC(=O)c1cc2cc(F)ccc2[nH]1. The Kier molecular flexibility index (Phi) is 7.01. The van der Waals surface area contributed by atoms with Gasteiger partial charge in [0.25, 0.3) is 5.91 Å². The molecule has 0 saturated carbocycles. The quantitative estimate of drug-likeness (QED) is 0.361. The number of fused-ring (bicyclic) bond motifs is 1. The molecule has 3 amide bonds. The Morgan fingerprint density at radius 3 is 2.62 bits per heavy atom. The van der Waals surface area contributed by atoms with E-state index in [9.17, 15) is 23.6 Å². The van der Waals surface area contributed by atoms with Crippen LogP contribution in [0.5, 0.6) is 0 Å². The molecule has 1 aromatic heterocycles. The van der Waals surface area contributed by atoms with Crippen LogP contribution >= 0.6 is 0 Å². The normalized spacial score (nSPS) is 17.1. The Morgan fingerprint density at radius 2 is 1.91 bits per heavy atom. The minimum absolute atomic E-state index is 0.134. The van der Waals surface area contributed by atoms with Crippen molar-refractivity contribution in [1.29, 1.82) is 0 Å². The van der Waals surface area contributed by atoms with E-state index in [4.69, 9.17) is 0 Å². The second-order valence-corrected chi connectivity index (χ2v) is 8.39. The van der Waals surface area contributed by atoms with E-state index in [0.29, 0.717) is 30.2 Å². The standard InChI is InChI=1S/C25H25FN4O4/c26-18-6-7-20-17(11-18)13-22(29-20)25(34)30-21(10-15-4-2-1-3-5-15)24(33)28-19(14-31)12-16-8-9-27-23(16)32/h1-7,11,13-14,16,19,21,29H,8-10,12H2,(H,27,32)(H,28,33)(H,30,34)/t16-,19-,21-/m0/s1. The Balaban J connectivity index is 1.50. The summed E-state index contributed by atoms with van der Waals surface area (Å²) in [6.45, 7) is 0.546. The molecular formula is C25H25FN4O4. The smallest absolute Gasteiger partial charge is 0.268 e. The molecule has 4 N–H and O–H groups in total. The lowest BCUT2D eigenvalue weighted by molar-refractivity contribution is -0.127. The molecule has 3 aromatic rings. The highest BCUT2D eigenvalue weighted by atomic mass is 19.1. The average molecular weight is 464 g/mol. The topological polar surface area (TPSA) is 120 Å². The van der Waals surface area contributed by atoms with Crippen LogP contribution in [0.4, 0.5) is 4.39 Å². The van der Waals surface area contributed by atoms with E-state index in [-0.39, 0.29) is 30.4 Å². The molecule has 4 rings (SSSR count). The first-order valence-corrected chi connectivity index (χ1v) is 11.1. The zero-order valence-corrected chi connectivity index (χ0v) is 18.3. The fourth-order valence-corrected chi connectivity index (χ4v) is 4.13. The minimum atomic E-state index is -0.974. The molecule has 0 radical (unpaired) electrons. The van der Waals surface area contributed by atoms with Crippen molar-refractivity contribution < 1.29 is 23.6 Å². The highest BCUT2D eigenvalue weighted by molar-refractivity contribution is 6.00. The van der Waals surface area contributed by atoms with Crippen molar-refractivity contribution in [3.63, 3.8) is 0 Å². The van der Waals surface area contributed by atoms with E-state index >= 15 is 0 Å². The Labute approximate surface area is 195 Å². The van der Waals surface area contributed by atoms with E-state index in [1.165, 1.54) is 24.3 Å². The molecule has 34 heavy (non-hydrogen) atoms. The fourth-order valence-electron chi connectivity index (χ4n) is 4.13. The summed E-state index contributed by atoms with van der Waals surface area (Å²) in [6, 6.07) is 13.0. The molecule has 0 bridgehead atoms. The third kappa shape index (κ3) is 5.48. The number of carbonyl (C=O) groups excluding carboxylic acids is 4. The summed E-state index contributed by atoms with van der Waals surface area (Å²) in [4.78, 5) is 52.5. The lowest BCUT2D eigenvalue weighted by Crippen LogP contribution is -2.51. The highest BCUT2D eigenvalue weighted by Crippen LogP contribution is 2.18. The van der Waals surface area contributed by atoms with Crippen LogP contribution in [0.25, 0.3) is 10.9 Å². The summed E-state index contributed by atoms with van der Waals surface area (Å²) in [5, 5.41) is 8.63. The van der Waals surface area contributed by atoms with Crippen LogP contribution in [-0.4, -0.2) is 47.6 Å². The molecular weight excluding hydrogens is 439 g/mol. The first-order valence-electron chi connectivity index (χ1n) is 11.1. The fraction of sp³-hybridized carbons (Fsp3) is 0.280. The molecule has 1 aliphatic heterocycles. The van der Waals surface area contributed by atoms with Gasteiger partial charge in [0.1, 0.15) is 23.8 Å². The molecule has 1 aliphatic rings. The first-order chi connectivity index (χ1) is 16.4. The van der Waals surface area contributed by atoms with Crippen molar-refractivity contribution in [2.45, 2.75) is 31.3 Å². The van der Waals surface area contributed by atoms with Gasteiger partial charge in [-0.2, -0.15) is 0 Å². The predicted octanol–water partition coefficient (Wildman–Crippen LogP) is 1.86. The molecule has 1 fully saturated rings. The van der Waals surface area contributed by atoms with Crippen LogP contribution in [0.15, 0.2) is 54.6 Å². The maximum absolute atomic E-state index is 13.5. The molecule has 2 aromatic carbocycles. The Morgan fingerprint density at radius 1 is 1.12 bits per heavy atom. The molecule has 1 saturated heterocycles. The number of hydrogen-bond acceptors (Lipinski definition) is 4. The number of aromatic amines is 1. The Hall–Kier alpha value is -4.01. The number of nitrogens with one attached hydrogen (secondary N) is 4. The van der Waals surface area contributed by atoms with Gasteiger partial charge in [-0.3, -0.25) is 14.4 Å². The van der Waals surface area contributed by atoms with Gasteiger partial charge in [0.15, 0.2) is 0 Å². The molecule has 0 aliphatic carbocycles. The van der Waals surface area contributed by atoms with Crippen molar-refractivity contribution in [2.24, 2.45) is 5.92 Å². The van der Waals surface area contributed by atoms with Crippen LogP contribution in [0, 0.1) is 11.7 Å². The maximum atomic E-state index is 13.5. The van der Waals surface area contributed by atoms with E-state index in [1.807, 2.05) is 30.3 Å². The lowest BCUT2D eigenvalue weighted by Gasteiger charge is -2.22. The van der Waals surface area contributed by atoms with Crippen LogP contribution in [0.1, 0.15) is 28.9 Å². The summed E-state index contributed by atoms with van der Waals surface area (Å²) in [7, 11) is 0. The van der Waals surface area contributed by atoms with Crippen LogP contribution < -0.4 is 16.0 Å². The van der Waals surface area contributed by atoms with Gasteiger partial charge >= 0.3 is 0 Å². The van der Waals surface area contributed by atoms with Crippen LogP contribution in [-0.2, 0) is 20.8 Å². The molecule has 0 spiro atoms. The number of halogens is 1. The molecule has 176 valence electrons. The molecule has 3 atom stereocenters. The largest absolute Gasteiger partial charge is 0.356 e. The van der Waals surface area contributed by atoms with Crippen molar-refractivity contribution in [1.82, 2.24) is 20.9 Å². The van der Waals surface area contributed by atoms with Gasteiger partial charge in [0, 0.05) is 29.8 Å².